The maximum absolute atomic E-state index is 5.81. The molecule has 0 amide bonds. The molecule has 0 bridgehead atoms. The highest BCUT2D eigenvalue weighted by Crippen LogP contribution is 2.22. The Morgan fingerprint density at radius 1 is 1.25 bits per heavy atom. The monoisotopic (exact) mass is 241 g/mol. The highest BCUT2D eigenvalue weighted by atomic mass is 35.5. The van der Waals surface area contributed by atoms with E-state index >= 15 is 0 Å². The summed E-state index contributed by atoms with van der Waals surface area (Å²) >= 11 is 5.81. The van der Waals surface area contributed by atoms with Crippen LogP contribution in [0.25, 0.3) is 0 Å². The molecule has 0 aliphatic rings. The van der Waals surface area contributed by atoms with E-state index in [0.717, 1.165) is 10.6 Å². The normalized spacial score (nSPS) is 13.8. The zero-order valence-corrected chi connectivity index (χ0v) is 10.9. The van der Waals surface area contributed by atoms with Crippen molar-refractivity contribution < 1.29 is 4.74 Å². The molecule has 0 fully saturated rings. The Kier molecular flexibility index (Phi) is 4.78. The summed E-state index contributed by atoms with van der Waals surface area (Å²) in [5.74, 6) is 0. The second kappa shape index (κ2) is 5.67. The predicted molar refractivity (Wildman–Crippen MR) is 68.5 cm³/mol. The van der Waals surface area contributed by atoms with Gasteiger partial charge in [-0.05, 0) is 23.1 Å². The number of ether oxygens (including phenoxy) is 1. The molecule has 1 atom stereocenters. The minimum atomic E-state index is 0.0706. The van der Waals surface area contributed by atoms with Crippen molar-refractivity contribution in [2.75, 3.05) is 6.54 Å². The summed E-state index contributed by atoms with van der Waals surface area (Å²) in [6.45, 7) is 7.51. The molecule has 1 unspecified atom stereocenters. The fourth-order valence-corrected chi connectivity index (χ4v) is 1.58. The van der Waals surface area contributed by atoms with Gasteiger partial charge < -0.3 is 10.5 Å². The van der Waals surface area contributed by atoms with Crippen molar-refractivity contribution >= 4 is 11.6 Å². The minimum absolute atomic E-state index is 0.0706. The second-order valence-corrected chi connectivity index (χ2v) is 5.46. The van der Waals surface area contributed by atoms with E-state index in [4.69, 9.17) is 22.1 Å². The molecule has 16 heavy (non-hydrogen) atoms. The van der Waals surface area contributed by atoms with E-state index in [1.807, 2.05) is 24.3 Å². The largest absolute Gasteiger partial charge is 0.372 e. The van der Waals surface area contributed by atoms with Gasteiger partial charge in [-0.2, -0.15) is 0 Å². The third-order valence-electron chi connectivity index (χ3n) is 2.54. The molecule has 0 saturated carbocycles. The summed E-state index contributed by atoms with van der Waals surface area (Å²) in [6.07, 6.45) is 0.0724. The van der Waals surface area contributed by atoms with Crippen molar-refractivity contribution in [2.24, 2.45) is 11.1 Å². The lowest BCUT2D eigenvalue weighted by atomic mass is 9.89. The number of nitrogens with two attached hydrogens (primary N) is 1. The smallest absolute Gasteiger partial charge is 0.0749 e. The first kappa shape index (κ1) is 13.5. The van der Waals surface area contributed by atoms with E-state index in [1.165, 1.54) is 0 Å². The summed E-state index contributed by atoms with van der Waals surface area (Å²) in [5.41, 5.74) is 6.89. The lowest BCUT2D eigenvalue weighted by molar-refractivity contribution is -0.0216. The van der Waals surface area contributed by atoms with E-state index < -0.39 is 0 Å². The highest BCUT2D eigenvalue weighted by Gasteiger charge is 2.23. The molecule has 1 rings (SSSR count). The third-order valence-corrected chi connectivity index (χ3v) is 2.80. The topological polar surface area (TPSA) is 35.2 Å². The zero-order chi connectivity index (χ0) is 12.2. The van der Waals surface area contributed by atoms with Gasteiger partial charge in [0.2, 0.25) is 0 Å². The highest BCUT2D eigenvalue weighted by molar-refractivity contribution is 6.30. The van der Waals surface area contributed by atoms with Crippen molar-refractivity contribution in [3.8, 4) is 0 Å². The minimum Gasteiger partial charge on any atom is -0.372 e. The first-order chi connectivity index (χ1) is 7.43. The molecule has 1 aromatic carbocycles. The molecule has 2 nitrogen and oxygen atoms in total. The second-order valence-electron chi connectivity index (χ2n) is 5.03. The van der Waals surface area contributed by atoms with Crippen LogP contribution in [0.5, 0.6) is 0 Å². The van der Waals surface area contributed by atoms with Crippen LogP contribution < -0.4 is 5.73 Å². The molecule has 0 saturated heterocycles. The summed E-state index contributed by atoms with van der Waals surface area (Å²) in [4.78, 5) is 0. The number of benzene rings is 1. The van der Waals surface area contributed by atoms with E-state index in [-0.39, 0.29) is 11.5 Å². The number of hydrogen-bond donors (Lipinski definition) is 1. The molecule has 1 aromatic rings. The van der Waals surface area contributed by atoms with E-state index in [2.05, 4.69) is 20.8 Å². The molecule has 3 heteroatoms. The van der Waals surface area contributed by atoms with E-state index in [0.29, 0.717) is 13.2 Å². The Bertz CT molecular complexity index is 316. The predicted octanol–water partition coefficient (Wildman–Crippen LogP) is 3.23. The molecule has 0 spiro atoms. The summed E-state index contributed by atoms with van der Waals surface area (Å²) in [6, 6.07) is 7.68. The van der Waals surface area contributed by atoms with Gasteiger partial charge in [0.25, 0.3) is 0 Å². The van der Waals surface area contributed by atoms with Crippen molar-refractivity contribution in [2.45, 2.75) is 33.5 Å². The molecule has 2 N–H and O–H groups in total. The molecule has 0 aliphatic carbocycles. The lowest BCUT2D eigenvalue weighted by Crippen LogP contribution is -2.36. The van der Waals surface area contributed by atoms with E-state index in [9.17, 15) is 0 Å². The standard InChI is InChI=1S/C13H20ClNO/c1-13(2,3)12(8-15)16-9-10-4-6-11(14)7-5-10/h4-7,12H,8-9,15H2,1-3H3. The molecule has 0 aliphatic heterocycles. The van der Waals surface area contributed by atoms with Crippen molar-refractivity contribution in [1.29, 1.82) is 0 Å². The fourth-order valence-electron chi connectivity index (χ4n) is 1.45. The number of rotatable bonds is 4. The van der Waals surface area contributed by atoms with Crippen LogP contribution in [0.2, 0.25) is 5.02 Å². The summed E-state index contributed by atoms with van der Waals surface area (Å²) in [5, 5.41) is 0.745. The Morgan fingerprint density at radius 2 is 1.81 bits per heavy atom. The van der Waals surface area contributed by atoms with Crippen LogP contribution >= 0.6 is 11.6 Å². The first-order valence-corrected chi connectivity index (χ1v) is 5.87. The SMILES string of the molecule is CC(C)(C)C(CN)OCc1ccc(Cl)cc1. The molecular formula is C13H20ClNO. The van der Waals surface area contributed by atoms with Crippen molar-refractivity contribution in [3.63, 3.8) is 0 Å². The van der Waals surface area contributed by atoms with Gasteiger partial charge in [0.05, 0.1) is 12.7 Å². The quantitative estimate of drug-likeness (QED) is 0.879. The van der Waals surface area contributed by atoms with E-state index in [1.54, 1.807) is 0 Å². The van der Waals surface area contributed by atoms with Crippen molar-refractivity contribution in [1.82, 2.24) is 0 Å². The number of hydrogen-bond acceptors (Lipinski definition) is 2. The van der Waals surface area contributed by atoms with Gasteiger partial charge in [-0.15, -0.1) is 0 Å². The average molecular weight is 242 g/mol. The van der Waals surface area contributed by atoms with Gasteiger partial charge in [0, 0.05) is 11.6 Å². The molecule has 0 aromatic heterocycles. The van der Waals surface area contributed by atoms with Gasteiger partial charge in [0.1, 0.15) is 0 Å². The van der Waals surface area contributed by atoms with Crippen LogP contribution in [-0.2, 0) is 11.3 Å². The maximum Gasteiger partial charge on any atom is 0.0749 e. The molecule has 0 heterocycles. The lowest BCUT2D eigenvalue weighted by Gasteiger charge is -2.29. The van der Waals surface area contributed by atoms with Crippen LogP contribution in [0.15, 0.2) is 24.3 Å². The van der Waals surface area contributed by atoms with Gasteiger partial charge in [0.15, 0.2) is 0 Å². The van der Waals surface area contributed by atoms with Gasteiger partial charge in [-0.25, -0.2) is 0 Å². The van der Waals surface area contributed by atoms with Crippen LogP contribution in [0.3, 0.4) is 0 Å². The summed E-state index contributed by atoms with van der Waals surface area (Å²) < 4.78 is 5.81. The first-order valence-electron chi connectivity index (χ1n) is 5.49. The zero-order valence-electron chi connectivity index (χ0n) is 10.2. The third kappa shape index (κ3) is 4.12. The van der Waals surface area contributed by atoms with Crippen LogP contribution in [0.4, 0.5) is 0 Å². The Labute approximate surface area is 103 Å². The Hall–Kier alpha value is -0.570. The maximum atomic E-state index is 5.81. The van der Waals surface area contributed by atoms with Crippen LogP contribution in [0.1, 0.15) is 26.3 Å². The van der Waals surface area contributed by atoms with Gasteiger partial charge in [-0.3, -0.25) is 0 Å². The Balaban J connectivity index is 2.53. The van der Waals surface area contributed by atoms with Crippen LogP contribution in [0, 0.1) is 5.41 Å². The molecular weight excluding hydrogens is 222 g/mol. The van der Waals surface area contributed by atoms with Crippen LogP contribution in [-0.4, -0.2) is 12.6 Å². The fraction of sp³-hybridized carbons (Fsp3) is 0.538. The Morgan fingerprint density at radius 3 is 2.25 bits per heavy atom. The molecule has 90 valence electrons. The molecule has 0 radical (unpaired) electrons. The number of halogens is 1. The average Bonchev–Trinajstić information content (AvgIpc) is 2.19. The van der Waals surface area contributed by atoms with Gasteiger partial charge >= 0.3 is 0 Å². The summed E-state index contributed by atoms with van der Waals surface area (Å²) in [7, 11) is 0. The van der Waals surface area contributed by atoms with Gasteiger partial charge in [-0.1, -0.05) is 44.5 Å². The van der Waals surface area contributed by atoms with Crippen molar-refractivity contribution in [3.05, 3.63) is 34.9 Å².